The van der Waals surface area contributed by atoms with E-state index in [0.717, 1.165) is 12.2 Å². The lowest BCUT2D eigenvalue weighted by Gasteiger charge is -2.06. The van der Waals surface area contributed by atoms with Crippen LogP contribution in [-0.2, 0) is 13.5 Å². The molecule has 0 aromatic carbocycles. The summed E-state index contributed by atoms with van der Waals surface area (Å²) in [5.74, 6) is 0.970. The SMILES string of the molecule is Cn1ccnc1CCC(O)c1csnn1. The first-order chi connectivity index (χ1) is 7.27. The number of aliphatic hydroxyl groups excluding tert-OH is 1. The Hall–Kier alpha value is -1.27. The zero-order chi connectivity index (χ0) is 10.7. The first-order valence-corrected chi connectivity index (χ1v) is 5.52. The van der Waals surface area contributed by atoms with E-state index < -0.39 is 6.10 Å². The van der Waals surface area contributed by atoms with Crippen molar-refractivity contribution in [1.29, 1.82) is 0 Å². The molecule has 0 fully saturated rings. The topological polar surface area (TPSA) is 63.8 Å². The fourth-order valence-corrected chi connectivity index (χ4v) is 1.87. The number of nitrogens with zero attached hydrogens (tertiary/aromatic N) is 4. The van der Waals surface area contributed by atoms with Gasteiger partial charge in [-0.25, -0.2) is 4.98 Å². The normalized spacial score (nSPS) is 12.9. The lowest BCUT2D eigenvalue weighted by molar-refractivity contribution is 0.162. The van der Waals surface area contributed by atoms with Crippen molar-refractivity contribution < 1.29 is 5.11 Å². The molecule has 15 heavy (non-hydrogen) atoms. The van der Waals surface area contributed by atoms with Crippen molar-refractivity contribution >= 4 is 11.5 Å². The summed E-state index contributed by atoms with van der Waals surface area (Å²) >= 11 is 1.25. The van der Waals surface area contributed by atoms with Crippen LogP contribution in [0.2, 0.25) is 0 Å². The van der Waals surface area contributed by atoms with Gasteiger partial charge < -0.3 is 9.67 Å². The minimum absolute atomic E-state index is 0.541. The Morgan fingerprint density at radius 3 is 3.07 bits per heavy atom. The van der Waals surface area contributed by atoms with E-state index in [0.29, 0.717) is 12.1 Å². The summed E-state index contributed by atoms with van der Waals surface area (Å²) in [6.07, 6.45) is 4.47. The maximum Gasteiger partial charge on any atom is 0.108 e. The van der Waals surface area contributed by atoms with Crippen molar-refractivity contribution in [3.63, 3.8) is 0 Å². The summed E-state index contributed by atoms with van der Waals surface area (Å²) in [6, 6.07) is 0. The van der Waals surface area contributed by atoms with Crippen molar-refractivity contribution in [2.24, 2.45) is 7.05 Å². The summed E-state index contributed by atoms with van der Waals surface area (Å²) in [7, 11) is 1.94. The second kappa shape index (κ2) is 4.50. The van der Waals surface area contributed by atoms with Gasteiger partial charge in [-0.05, 0) is 18.0 Å². The van der Waals surface area contributed by atoms with Crippen molar-refractivity contribution in [3.05, 3.63) is 29.3 Å². The van der Waals surface area contributed by atoms with Gasteiger partial charge in [-0.15, -0.1) is 5.10 Å². The van der Waals surface area contributed by atoms with Crippen LogP contribution in [0.4, 0.5) is 0 Å². The zero-order valence-corrected chi connectivity index (χ0v) is 9.18. The molecule has 0 radical (unpaired) electrons. The largest absolute Gasteiger partial charge is 0.387 e. The van der Waals surface area contributed by atoms with Gasteiger partial charge in [0.1, 0.15) is 11.5 Å². The van der Waals surface area contributed by atoms with Crippen molar-refractivity contribution in [2.45, 2.75) is 18.9 Å². The fraction of sp³-hybridized carbons (Fsp3) is 0.444. The number of rotatable bonds is 4. The van der Waals surface area contributed by atoms with E-state index in [1.54, 1.807) is 11.6 Å². The van der Waals surface area contributed by atoms with Gasteiger partial charge in [0.15, 0.2) is 0 Å². The average Bonchev–Trinajstić information content (AvgIpc) is 2.85. The van der Waals surface area contributed by atoms with E-state index in [-0.39, 0.29) is 0 Å². The van der Waals surface area contributed by atoms with Gasteiger partial charge in [0.2, 0.25) is 0 Å². The monoisotopic (exact) mass is 224 g/mol. The Kier molecular flexibility index (Phi) is 3.08. The molecule has 0 aliphatic rings. The maximum atomic E-state index is 9.77. The van der Waals surface area contributed by atoms with Gasteiger partial charge in [-0.2, -0.15) is 0 Å². The molecular weight excluding hydrogens is 212 g/mol. The molecule has 2 heterocycles. The van der Waals surface area contributed by atoms with Crippen LogP contribution in [0, 0.1) is 0 Å². The highest BCUT2D eigenvalue weighted by Gasteiger charge is 2.11. The third kappa shape index (κ3) is 2.40. The molecule has 1 N–H and O–H groups in total. The summed E-state index contributed by atoms with van der Waals surface area (Å²) in [5, 5.41) is 15.4. The Bertz CT molecular complexity index is 411. The number of aryl methyl sites for hydroxylation is 2. The van der Waals surface area contributed by atoms with Crippen LogP contribution in [0.25, 0.3) is 0 Å². The van der Waals surface area contributed by atoms with Crippen LogP contribution < -0.4 is 0 Å². The minimum Gasteiger partial charge on any atom is -0.387 e. The molecule has 2 aromatic heterocycles. The van der Waals surface area contributed by atoms with Crippen LogP contribution in [0.1, 0.15) is 24.0 Å². The van der Waals surface area contributed by atoms with E-state index in [9.17, 15) is 5.11 Å². The van der Waals surface area contributed by atoms with Gasteiger partial charge in [0.05, 0.1) is 6.10 Å². The van der Waals surface area contributed by atoms with Gasteiger partial charge in [0, 0.05) is 31.2 Å². The molecule has 0 amide bonds. The highest BCUT2D eigenvalue weighted by molar-refractivity contribution is 7.03. The molecule has 5 nitrogen and oxygen atoms in total. The second-order valence-electron chi connectivity index (χ2n) is 3.34. The molecule has 2 aromatic rings. The molecule has 1 unspecified atom stereocenters. The fourth-order valence-electron chi connectivity index (χ4n) is 1.37. The van der Waals surface area contributed by atoms with Crippen LogP contribution in [0.15, 0.2) is 17.8 Å². The third-order valence-electron chi connectivity index (χ3n) is 2.28. The predicted octanol–water partition coefficient (Wildman–Crippen LogP) is 0.938. The Labute approximate surface area is 91.6 Å². The van der Waals surface area contributed by atoms with Crippen molar-refractivity contribution in [1.82, 2.24) is 19.1 Å². The highest BCUT2D eigenvalue weighted by Crippen LogP contribution is 2.16. The van der Waals surface area contributed by atoms with Crippen LogP contribution in [0.5, 0.6) is 0 Å². The second-order valence-corrected chi connectivity index (χ2v) is 3.95. The summed E-state index contributed by atoms with van der Waals surface area (Å²) in [5.41, 5.74) is 0.647. The Morgan fingerprint density at radius 2 is 2.47 bits per heavy atom. The molecule has 0 saturated carbocycles. The molecule has 0 bridgehead atoms. The number of imidazole rings is 1. The zero-order valence-electron chi connectivity index (χ0n) is 8.37. The van der Waals surface area contributed by atoms with Gasteiger partial charge in [0.25, 0.3) is 0 Å². The van der Waals surface area contributed by atoms with Crippen molar-refractivity contribution in [2.75, 3.05) is 0 Å². The van der Waals surface area contributed by atoms with Gasteiger partial charge >= 0.3 is 0 Å². The molecule has 0 spiro atoms. The number of aliphatic hydroxyl groups is 1. The molecule has 80 valence electrons. The van der Waals surface area contributed by atoms with E-state index >= 15 is 0 Å². The van der Waals surface area contributed by atoms with E-state index in [1.807, 2.05) is 17.8 Å². The minimum atomic E-state index is -0.541. The molecule has 1 atom stereocenters. The lowest BCUT2D eigenvalue weighted by Crippen LogP contribution is -2.03. The average molecular weight is 224 g/mol. The summed E-state index contributed by atoms with van der Waals surface area (Å²) in [6.45, 7) is 0. The first kappa shape index (κ1) is 10.3. The maximum absolute atomic E-state index is 9.77. The first-order valence-electron chi connectivity index (χ1n) is 4.68. The quantitative estimate of drug-likeness (QED) is 0.839. The smallest absolute Gasteiger partial charge is 0.108 e. The van der Waals surface area contributed by atoms with Crippen LogP contribution in [-0.4, -0.2) is 24.2 Å². The van der Waals surface area contributed by atoms with Crippen molar-refractivity contribution in [3.8, 4) is 0 Å². The number of aromatic nitrogens is 4. The molecule has 6 heteroatoms. The highest BCUT2D eigenvalue weighted by atomic mass is 32.1. The van der Waals surface area contributed by atoms with Gasteiger partial charge in [-0.3, -0.25) is 0 Å². The summed E-state index contributed by atoms with van der Waals surface area (Å²) in [4.78, 5) is 4.19. The molecule has 2 rings (SSSR count). The third-order valence-corrected chi connectivity index (χ3v) is 2.80. The molecule has 0 aliphatic carbocycles. The lowest BCUT2D eigenvalue weighted by atomic mass is 10.1. The van der Waals surface area contributed by atoms with Crippen LogP contribution >= 0.6 is 11.5 Å². The van der Waals surface area contributed by atoms with E-state index in [2.05, 4.69) is 14.6 Å². The van der Waals surface area contributed by atoms with E-state index in [4.69, 9.17) is 0 Å². The molecule has 0 saturated heterocycles. The molecule has 0 aliphatic heterocycles. The van der Waals surface area contributed by atoms with Gasteiger partial charge in [-0.1, -0.05) is 4.49 Å². The van der Waals surface area contributed by atoms with Crippen LogP contribution in [0.3, 0.4) is 0 Å². The van der Waals surface area contributed by atoms with E-state index in [1.165, 1.54) is 11.5 Å². The predicted molar refractivity (Wildman–Crippen MR) is 56.4 cm³/mol. The Morgan fingerprint density at radius 1 is 1.60 bits per heavy atom. The standard InChI is InChI=1S/C9H12N4OS/c1-13-5-4-10-9(13)3-2-8(14)7-6-15-12-11-7/h4-6,8,14H,2-3H2,1H3. The number of hydrogen-bond acceptors (Lipinski definition) is 5. The summed E-state index contributed by atoms with van der Waals surface area (Å²) < 4.78 is 5.67. The molecular formula is C9H12N4OS. The Balaban J connectivity index is 1.91. The number of hydrogen-bond donors (Lipinski definition) is 1.